The van der Waals surface area contributed by atoms with Gasteiger partial charge in [-0.05, 0) is 31.5 Å². The molecule has 1 heterocycles. The van der Waals surface area contributed by atoms with Gasteiger partial charge in [0.05, 0.1) is 0 Å². The second-order valence-electron chi connectivity index (χ2n) is 3.77. The standard InChI is InChI=1S/C10H14F3N3O2S.ClH/c11-10(12,13)9-4-3-8(7-15-9)19(17,18)16-6-2-1-5-14;/h3-4,7,16H,1-2,5-6,14H2;1H. The lowest BCUT2D eigenvalue weighted by Crippen LogP contribution is -2.25. The van der Waals surface area contributed by atoms with E-state index in [1.165, 1.54) is 0 Å². The topological polar surface area (TPSA) is 85.1 Å². The number of hydrogen-bond donors (Lipinski definition) is 2. The number of nitrogens with one attached hydrogen (secondary N) is 1. The van der Waals surface area contributed by atoms with Crippen LogP contribution in [-0.4, -0.2) is 26.5 Å². The Morgan fingerprint density at radius 1 is 1.25 bits per heavy atom. The van der Waals surface area contributed by atoms with Crippen molar-refractivity contribution >= 4 is 22.4 Å². The van der Waals surface area contributed by atoms with Gasteiger partial charge in [0.25, 0.3) is 0 Å². The van der Waals surface area contributed by atoms with Gasteiger partial charge in [-0.3, -0.25) is 4.98 Å². The zero-order valence-corrected chi connectivity index (χ0v) is 12.0. The zero-order valence-electron chi connectivity index (χ0n) is 10.4. The maximum absolute atomic E-state index is 12.3. The first-order chi connectivity index (χ1) is 8.77. The van der Waals surface area contributed by atoms with E-state index in [2.05, 4.69) is 9.71 Å². The Morgan fingerprint density at radius 3 is 2.35 bits per heavy atom. The first kappa shape index (κ1) is 19.1. The minimum absolute atomic E-state index is 0. The summed E-state index contributed by atoms with van der Waals surface area (Å²) in [4.78, 5) is 2.80. The molecule has 20 heavy (non-hydrogen) atoms. The van der Waals surface area contributed by atoms with Crippen LogP contribution in [0.5, 0.6) is 0 Å². The minimum atomic E-state index is -4.59. The molecule has 0 fully saturated rings. The molecular weight excluding hydrogens is 319 g/mol. The number of rotatable bonds is 6. The van der Waals surface area contributed by atoms with Crippen LogP contribution < -0.4 is 10.5 Å². The first-order valence-electron chi connectivity index (χ1n) is 5.50. The van der Waals surface area contributed by atoms with Crippen LogP contribution in [0, 0.1) is 0 Å². The molecule has 116 valence electrons. The van der Waals surface area contributed by atoms with Crippen LogP contribution in [0.15, 0.2) is 23.2 Å². The molecule has 3 N–H and O–H groups in total. The molecule has 1 rings (SSSR count). The van der Waals surface area contributed by atoms with E-state index in [1.807, 2.05) is 0 Å². The molecule has 0 aromatic carbocycles. The highest BCUT2D eigenvalue weighted by Gasteiger charge is 2.32. The highest BCUT2D eigenvalue weighted by atomic mass is 35.5. The molecule has 0 aliphatic heterocycles. The quantitative estimate of drug-likeness (QED) is 0.773. The van der Waals surface area contributed by atoms with Crippen LogP contribution in [0.2, 0.25) is 0 Å². The van der Waals surface area contributed by atoms with E-state index < -0.39 is 21.9 Å². The lowest BCUT2D eigenvalue weighted by atomic mass is 10.3. The largest absolute Gasteiger partial charge is 0.433 e. The van der Waals surface area contributed by atoms with Crippen molar-refractivity contribution in [3.05, 3.63) is 24.0 Å². The van der Waals surface area contributed by atoms with E-state index in [4.69, 9.17) is 5.73 Å². The molecule has 0 aliphatic rings. The van der Waals surface area contributed by atoms with Gasteiger partial charge in [-0.2, -0.15) is 13.2 Å². The number of nitrogens with two attached hydrogens (primary N) is 1. The summed E-state index contributed by atoms with van der Waals surface area (Å²) in [6, 6.07) is 1.51. The van der Waals surface area contributed by atoms with Crippen molar-refractivity contribution in [3.8, 4) is 0 Å². The van der Waals surface area contributed by atoms with Gasteiger partial charge < -0.3 is 5.73 Å². The highest BCUT2D eigenvalue weighted by molar-refractivity contribution is 7.89. The normalized spacial score (nSPS) is 12.0. The number of pyridine rings is 1. The summed E-state index contributed by atoms with van der Waals surface area (Å²) in [5, 5.41) is 0. The second-order valence-corrected chi connectivity index (χ2v) is 5.54. The van der Waals surface area contributed by atoms with Gasteiger partial charge in [0.15, 0.2) is 0 Å². The van der Waals surface area contributed by atoms with Crippen molar-refractivity contribution < 1.29 is 21.6 Å². The third-order valence-electron chi connectivity index (χ3n) is 2.26. The summed E-state index contributed by atoms with van der Waals surface area (Å²) in [7, 11) is -3.82. The number of nitrogens with zero attached hydrogens (tertiary/aromatic N) is 1. The van der Waals surface area contributed by atoms with Crippen LogP contribution in [0.1, 0.15) is 18.5 Å². The Labute approximate surface area is 121 Å². The number of unbranched alkanes of at least 4 members (excludes halogenated alkanes) is 1. The number of sulfonamides is 1. The van der Waals surface area contributed by atoms with Gasteiger partial charge in [0.2, 0.25) is 10.0 Å². The second kappa shape index (κ2) is 7.77. The van der Waals surface area contributed by atoms with Gasteiger partial charge in [-0.15, -0.1) is 12.4 Å². The van der Waals surface area contributed by atoms with Gasteiger partial charge in [-0.25, -0.2) is 13.1 Å². The summed E-state index contributed by atoms with van der Waals surface area (Å²) in [5.74, 6) is 0. The fourth-order valence-electron chi connectivity index (χ4n) is 1.27. The van der Waals surface area contributed by atoms with Crippen LogP contribution in [-0.2, 0) is 16.2 Å². The predicted octanol–water partition coefficient (Wildman–Crippen LogP) is 1.54. The Hall–Kier alpha value is -0.900. The van der Waals surface area contributed by atoms with Crippen molar-refractivity contribution in [2.24, 2.45) is 5.73 Å². The molecular formula is C10H15ClF3N3O2S. The Kier molecular flexibility index (Phi) is 7.42. The Morgan fingerprint density at radius 2 is 1.90 bits per heavy atom. The maximum Gasteiger partial charge on any atom is 0.433 e. The van der Waals surface area contributed by atoms with Crippen LogP contribution in [0.3, 0.4) is 0 Å². The van der Waals surface area contributed by atoms with Crippen molar-refractivity contribution in [2.75, 3.05) is 13.1 Å². The van der Waals surface area contributed by atoms with Crippen LogP contribution >= 0.6 is 12.4 Å². The molecule has 0 amide bonds. The van der Waals surface area contributed by atoms with Crippen molar-refractivity contribution in [1.29, 1.82) is 0 Å². The fourth-order valence-corrected chi connectivity index (χ4v) is 2.28. The van der Waals surface area contributed by atoms with Gasteiger partial charge >= 0.3 is 6.18 Å². The van der Waals surface area contributed by atoms with E-state index in [1.54, 1.807) is 0 Å². The Balaban J connectivity index is 0.00000361. The van der Waals surface area contributed by atoms with Crippen molar-refractivity contribution in [3.63, 3.8) is 0 Å². The lowest BCUT2D eigenvalue weighted by Gasteiger charge is -2.08. The SMILES string of the molecule is Cl.NCCCCNS(=O)(=O)c1ccc(C(F)(F)F)nc1. The molecule has 0 radical (unpaired) electrons. The zero-order chi connectivity index (χ0) is 14.5. The molecule has 1 aromatic heterocycles. The summed E-state index contributed by atoms with van der Waals surface area (Å²) >= 11 is 0. The van der Waals surface area contributed by atoms with E-state index in [0.29, 0.717) is 31.6 Å². The monoisotopic (exact) mass is 333 g/mol. The molecule has 5 nitrogen and oxygen atoms in total. The predicted molar refractivity (Wildman–Crippen MR) is 70.0 cm³/mol. The van der Waals surface area contributed by atoms with E-state index in [9.17, 15) is 21.6 Å². The van der Waals surface area contributed by atoms with E-state index in [-0.39, 0.29) is 23.8 Å². The number of alkyl halides is 3. The van der Waals surface area contributed by atoms with Crippen LogP contribution in [0.4, 0.5) is 13.2 Å². The molecule has 0 spiro atoms. The van der Waals surface area contributed by atoms with Crippen molar-refractivity contribution in [1.82, 2.24) is 9.71 Å². The maximum atomic E-state index is 12.3. The summed E-state index contributed by atoms with van der Waals surface area (Å²) in [5.41, 5.74) is 4.12. The van der Waals surface area contributed by atoms with Crippen molar-refractivity contribution in [2.45, 2.75) is 23.9 Å². The highest BCUT2D eigenvalue weighted by Crippen LogP contribution is 2.27. The van der Waals surface area contributed by atoms with Crippen LogP contribution in [0.25, 0.3) is 0 Å². The molecule has 0 saturated heterocycles. The number of aromatic nitrogens is 1. The fraction of sp³-hybridized carbons (Fsp3) is 0.500. The Bertz CT molecular complexity index is 505. The molecule has 1 aromatic rings. The smallest absolute Gasteiger partial charge is 0.330 e. The summed E-state index contributed by atoms with van der Waals surface area (Å²) in [6.45, 7) is 0.629. The average Bonchev–Trinajstić information content (AvgIpc) is 2.34. The average molecular weight is 334 g/mol. The third kappa shape index (κ3) is 5.61. The number of halogens is 4. The molecule has 0 atom stereocenters. The summed E-state index contributed by atoms with van der Waals surface area (Å²) < 4.78 is 62.4. The minimum Gasteiger partial charge on any atom is -0.330 e. The third-order valence-corrected chi connectivity index (χ3v) is 3.71. The number of hydrogen-bond acceptors (Lipinski definition) is 4. The summed E-state index contributed by atoms with van der Waals surface area (Å²) in [6.07, 6.45) is -2.68. The molecule has 0 bridgehead atoms. The van der Waals surface area contributed by atoms with Gasteiger partial charge in [0.1, 0.15) is 10.6 Å². The molecule has 10 heteroatoms. The van der Waals surface area contributed by atoms with E-state index >= 15 is 0 Å². The molecule has 0 saturated carbocycles. The van der Waals surface area contributed by atoms with Gasteiger partial charge in [-0.1, -0.05) is 0 Å². The first-order valence-corrected chi connectivity index (χ1v) is 6.98. The molecule has 0 unspecified atom stereocenters. The van der Waals surface area contributed by atoms with E-state index in [0.717, 1.165) is 6.07 Å². The molecule has 0 aliphatic carbocycles. The lowest BCUT2D eigenvalue weighted by molar-refractivity contribution is -0.141. The van der Waals surface area contributed by atoms with Gasteiger partial charge in [0, 0.05) is 12.7 Å².